The number of aromatic nitrogens is 2. The lowest BCUT2D eigenvalue weighted by atomic mass is 10.2. The monoisotopic (exact) mass is 166 g/mol. The maximum atomic E-state index is 5.87. The normalized spacial score (nSPS) is 10.7. The number of hydrogen-bond donors (Lipinski definition) is 1. The molecule has 56 valence electrons. The maximum Gasteiger partial charge on any atom is 0.0674 e. The van der Waals surface area contributed by atoms with E-state index in [1.54, 1.807) is 12.4 Å². The highest BCUT2D eigenvalue weighted by atomic mass is 35.5. The second-order valence-electron chi connectivity index (χ2n) is 2.52. The number of fused-ring (bicyclic) bond motifs is 1. The summed E-state index contributed by atoms with van der Waals surface area (Å²) in [5.74, 6) is 0. The van der Waals surface area contributed by atoms with Crippen LogP contribution in [0.2, 0.25) is 5.02 Å². The average Bonchev–Trinajstić information content (AvgIpc) is 2.35. The van der Waals surface area contributed by atoms with Crippen molar-refractivity contribution < 1.29 is 0 Å². The molecule has 2 nitrogen and oxygen atoms in total. The van der Waals surface area contributed by atoms with Crippen molar-refractivity contribution in [3.05, 3.63) is 29.2 Å². The molecule has 0 aliphatic heterocycles. The third-order valence-electron chi connectivity index (χ3n) is 1.74. The maximum absolute atomic E-state index is 5.87. The second kappa shape index (κ2) is 2.24. The van der Waals surface area contributed by atoms with Gasteiger partial charge in [-0.05, 0) is 12.5 Å². The Kier molecular flexibility index (Phi) is 1.36. The Morgan fingerprint density at radius 1 is 1.45 bits per heavy atom. The number of aromatic amines is 1. The van der Waals surface area contributed by atoms with Crippen LogP contribution in [-0.2, 0) is 0 Å². The van der Waals surface area contributed by atoms with Crippen LogP contribution in [0.15, 0.2) is 18.6 Å². The molecule has 3 heteroatoms. The predicted octanol–water partition coefficient (Wildman–Crippen LogP) is 2.52. The molecule has 0 unspecified atom stereocenters. The van der Waals surface area contributed by atoms with Crippen molar-refractivity contribution in [3.8, 4) is 0 Å². The Bertz CT molecular complexity index is 392. The third kappa shape index (κ3) is 0.906. The molecule has 0 atom stereocenters. The number of pyridine rings is 1. The molecule has 1 N–H and O–H groups in total. The highest BCUT2D eigenvalue weighted by molar-refractivity contribution is 6.35. The number of rotatable bonds is 0. The average molecular weight is 167 g/mol. The fraction of sp³-hybridized carbons (Fsp3) is 0.125. The van der Waals surface area contributed by atoms with Crippen LogP contribution < -0.4 is 0 Å². The van der Waals surface area contributed by atoms with Crippen molar-refractivity contribution in [1.29, 1.82) is 0 Å². The summed E-state index contributed by atoms with van der Waals surface area (Å²) >= 11 is 5.87. The third-order valence-corrected chi connectivity index (χ3v) is 2.05. The van der Waals surface area contributed by atoms with Crippen LogP contribution in [-0.4, -0.2) is 9.97 Å². The van der Waals surface area contributed by atoms with Gasteiger partial charge in [-0.2, -0.15) is 0 Å². The van der Waals surface area contributed by atoms with E-state index in [0.29, 0.717) is 0 Å². The van der Waals surface area contributed by atoms with Gasteiger partial charge in [-0.25, -0.2) is 0 Å². The van der Waals surface area contributed by atoms with Gasteiger partial charge in [0.15, 0.2) is 0 Å². The van der Waals surface area contributed by atoms with Crippen molar-refractivity contribution in [2.24, 2.45) is 0 Å². The van der Waals surface area contributed by atoms with Crippen molar-refractivity contribution >= 4 is 22.5 Å². The van der Waals surface area contributed by atoms with Gasteiger partial charge in [0, 0.05) is 24.0 Å². The van der Waals surface area contributed by atoms with Crippen LogP contribution >= 0.6 is 11.6 Å². The molecule has 0 saturated carbocycles. The fourth-order valence-electron chi connectivity index (χ4n) is 1.15. The second-order valence-corrected chi connectivity index (χ2v) is 2.92. The van der Waals surface area contributed by atoms with Crippen molar-refractivity contribution in [2.45, 2.75) is 6.92 Å². The summed E-state index contributed by atoms with van der Waals surface area (Å²) < 4.78 is 0. The first-order valence-electron chi connectivity index (χ1n) is 3.36. The molecule has 2 aromatic heterocycles. The van der Waals surface area contributed by atoms with Crippen LogP contribution in [0, 0.1) is 6.92 Å². The highest BCUT2D eigenvalue weighted by Gasteiger charge is 2.01. The van der Waals surface area contributed by atoms with Crippen molar-refractivity contribution in [1.82, 2.24) is 9.97 Å². The molecule has 0 amide bonds. The molecule has 0 saturated heterocycles. The topological polar surface area (TPSA) is 28.7 Å². The largest absolute Gasteiger partial charge is 0.359 e. The quantitative estimate of drug-likeness (QED) is 0.640. The molecular formula is C8H7ClN2. The molecule has 0 spiro atoms. The van der Waals surface area contributed by atoms with E-state index >= 15 is 0 Å². The van der Waals surface area contributed by atoms with E-state index in [0.717, 1.165) is 21.5 Å². The minimum Gasteiger partial charge on any atom is -0.359 e. The van der Waals surface area contributed by atoms with Gasteiger partial charge in [-0.15, -0.1) is 0 Å². The molecule has 0 fully saturated rings. The molecule has 0 bridgehead atoms. The summed E-state index contributed by atoms with van der Waals surface area (Å²) in [7, 11) is 0. The number of hydrogen-bond acceptors (Lipinski definition) is 1. The van der Waals surface area contributed by atoms with E-state index in [1.807, 2.05) is 13.1 Å². The first-order valence-corrected chi connectivity index (χ1v) is 3.74. The number of halogens is 1. The zero-order valence-corrected chi connectivity index (χ0v) is 6.81. The minimum atomic E-state index is 0.733. The van der Waals surface area contributed by atoms with E-state index in [1.165, 1.54) is 0 Å². The molecule has 2 rings (SSSR count). The van der Waals surface area contributed by atoms with Gasteiger partial charge in [0.05, 0.1) is 10.5 Å². The van der Waals surface area contributed by atoms with Crippen molar-refractivity contribution in [3.63, 3.8) is 0 Å². The van der Waals surface area contributed by atoms with E-state index in [2.05, 4.69) is 9.97 Å². The van der Waals surface area contributed by atoms with E-state index < -0.39 is 0 Å². The molecule has 2 heterocycles. The lowest BCUT2D eigenvalue weighted by molar-refractivity contribution is 1.29. The summed E-state index contributed by atoms with van der Waals surface area (Å²) in [6.45, 7) is 2.00. The zero-order chi connectivity index (χ0) is 7.84. The lowest BCUT2D eigenvalue weighted by Crippen LogP contribution is -1.77. The van der Waals surface area contributed by atoms with Gasteiger partial charge in [-0.1, -0.05) is 11.6 Å². The highest BCUT2D eigenvalue weighted by Crippen LogP contribution is 2.23. The standard InChI is InChI=1S/C8H7ClN2/c1-5-2-10-3-6-7(9)4-11-8(5)6/h2-4,11H,1H3. The fourth-order valence-corrected chi connectivity index (χ4v) is 1.35. The zero-order valence-electron chi connectivity index (χ0n) is 6.06. The van der Waals surface area contributed by atoms with Crippen LogP contribution in [0.25, 0.3) is 10.9 Å². The SMILES string of the molecule is Cc1cncc2c(Cl)c[nH]c12. The summed E-state index contributed by atoms with van der Waals surface area (Å²) in [5, 5.41) is 1.72. The smallest absolute Gasteiger partial charge is 0.0674 e. The molecule has 0 aliphatic rings. The van der Waals surface area contributed by atoms with Crippen molar-refractivity contribution in [2.75, 3.05) is 0 Å². The number of nitrogens with one attached hydrogen (secondary N) is 1. The minimum absolute atomic E-state index is 0.733. The van der Waals surface area contributed by atoms with Gasteiger partial charge in [0.2, 0.25) is 0 Å². The summed E-state index contributed by atoms with van der Waals surface area (Å²) in [6.07, 6.45) is 5.36. The Morgan fingerprint density at radius 3 is 3.00 bits per heavy atom. The van der Waals surface area contributed by atoms with Gasteiger partial charge < -0.3 is 4.98 Å². The molecule has 2 aromatic rings. The van der Waals surface area contributed by atoms with Crippen LogP contribution in [0.4, 0.5) is 0 Å². The van der Waals surface area contributed by atoms with E-state index in [-0.39, 0.29) is 0 Å². The van der Waals surface area contributed by atoms with E-state index in [4.69, 9.17) is 11.6 Å². The Hall–Kier alpha value is -1.02. The van der Waals surface area contributed by atoms with Gasteiger partial charge in [0.1, 0.15) is 0 Å². The molecule has 0 radical (unpaired) electrons. The summed E-state index contributed by atoms with van der Waals surface area (Å²) in [5.41, 5.74) is 2.19. The number of nitrogens with zero attached hydrogens (tertiary/aromatic N) is 1. The lowest BCUT2D eigenvalue weighted by Gasteiger charge is -1.92. The molecule has 0 aromatic carbocycles. The van der Waals surface area contributed by atoms with Crippen LogP contribution in [0.5, 0.6) is 0 Å². The molecular weight excluding hydrogens is 160 g/mol. The molecule has 11 heavy (non-hydrogen) atoms. The Labute approximate surface area is 69.2 Å². The van der Waals surface area contributed by atoms with Gasteiger partial charge in [-0.3, -0.25) is 4.98 Å². The Morgan fingerprint density at radius 2 is 2.27 bits per heavy atom. The van der Waals surface area contributed by atoms with Gasteiger partial charge in [0.25, 0.3) is 0 Å². The first-order chi connectivity index (χ1) is 5.29. The van der Waals surface area contributed by atoms with Gasteiger partial charge >= 0.3 is 0 Å². The number of H-pyrrole nitrogens is 1. The summed E-state index contributed by atoms with van der Waals surface area (Å²) in [6, 6.07) is 0. The van der Waals surface area contributed by atoms with E-state index in [9.17, 15) is 0 Å². The molecule has 0 aliphatic carbocycles. The number of aryl methyl sites for hydroxylation is 1. The predicted molar refractivity (Wildman–Crippen MR) is 45.8 cm³/mol. The van der Waals surface area contributed by atoms with Crippen LogP contribution in [0.3, 0.4) is 0 Å². The summed E-state index contributed by atoms with van der Waals surface area (Å²) in [4.78, 5) is 7.13. The Balaban J connectivity index is 2.94. The van der Waals surface area contributed by atoms with Crippen LogP contribution in [0.1, 0.15) is 5.56 Å². The first kappa shape index (κ1) is 6.68.